The van der Waals surface area contributed by atoms with Crippen LogP contribution in [-0.2, 0) is 9.53 Å². The number of nitrogens with zero attached hydrogens (tertiary/aromatic N) is 1. The molecule has 0 saturated carbocycles. The van der Waals surface area contributed by atoms with Crippen molar-refractivity contribution in [3.05, 3.63) is 29.8 Å². The van der Waals surface area contributed by atoms with Crippen molar-refractivity contribution in [2.24, 2.45) is 5.73 Å². The maximum absolute atomic E-state index is 12.5. The van der Waals surface area contributed by atoms with Crippen LogP contribution in [0.4, 0.5) is 0 Å². The SMILES string of the molecule is COc1cccc(C(C)CC(=O)N2CCC(OCCCN)CC2)c1. The van der Waals surface area contributed by atoms with Gasteiger partial charge in [-0.2, -0.15) is 0 Å². The lowest BCUT2D eigenvalue weighted by Gasteiger charge is -2.32. The molecule has 0 bridgehead atoms. The first-order valence-corrected chi connectivity index (χ1v) is 8.87. The Balaban J connectivity index is 1.78. The molecule has 5 heteroatoms. The van der Waals surface area contributed by atoms with Gasteiger partial charge < -0.3 is 20.1 Å². The molecule has 1 atom stereocenters. The lowest BCUT2D eigenvalue weighted by atomic mass is 9.96. The molecule has 24 heavy (non-hydrogen) atoms. The first kappa shape index (κ1) is 18.7. The number of rotatable bonds is 8. The van der Waals surface area contributed by atoms with E-state index >= 15 is 0 Å². The Kier molecular flexibility index (Phi) is 7.53. The van der Waals surface area contributed by atoms with Crippen LogP contribution in [0.15, 0.2) is 24.3 Å². The molecule has 1 aromatic rings. The highest BCUT2D eigenvalue weighted by Gasteiger charge is 2.24. The number of carbonyl (C=O) groups excluding carboxylic acids is 1. The number of ether oxygens (including phenoxy) is 2. The molecule has 0 radical (unpaired) electrons. The zero-order chi connectivity index (χ0) is 17.4. The van der Waals surface area contributed by atoms with E-state index < -0.39 is 0 Å². The molecule has 1 heterocycles. The van der Waals surface area contributed by atoms with Gasteiger partial charge in [0.05, 0.1) is 13.2 Å². The van der Waals surface area contributed by atoms with Crippen LogP contribution in [-0.4, -0.2) is 50.3 Å². The first-order chi connectivity index (χ1) is 11.6. The maximum atomic E-state index is 12.5. The van der Waals surface area contributed by atoms with E-state index in [2.05, 4.69) is 13.0 Å². The quantitative estimate of drug-likeness (QED) is 0.742. The Morgan fingerprint density at radius 2 is 2.12 bits per heavy atom. The molecule has 5 nitrogen and oxygen atoms in total. The van der Waals surface area contributed by atoms with Crippen molar-refractivity contribution in [2.75, 3.05) is 33.4 Å². The average molecular weight is 334 g/mol. The van der Waals surface area contributed by atoms with Crippen LogP contribution in [0.3, 0.4) is 0 Å². The predicted molar refractivity (Wildman–Crippen MR) is 95.3 cm³/mol. The smallest absolute Gasteiger partial charge is 0.223 e. The number of likely N-dealkylation sites (tertiary alicyclic amines) is 1. The molecular formula is C19H30N2O3. The van der Waals surface area contributed by atoms with Crippen LogP contribution in [0.25, 0.3) is 0 Å². The molecule has 1 aliphatic heterocycles. The van der Waals surface area contributed by atoms with Crippen molar-refractivity contribution in [2.45, 2.75) is 44.6 Å². The summed E-state index contributed by atoms with van der Waals surface area (Å²) in [6, 6.07) is 7.96. The van der Waals surface area contributed by atoms with Crippen molar-refractivity contribution in [3.63, 3.8) is 0 Å². The fraction of sp³-hybridized carbons (Fsp3) is 0.632. The summed E-state index contributed by atoms with van der Waals surface area (Å²) in [6.45, 7) is 5.06. The molecule has 0 spiro atoms. The summed E-state index contributed by atoms with van der Waals surface area (Å²) in [4.78, 5) is 14.5. The second kappa shape index (κ2) is 9.64. The van der Waals surface area contributed by atoms with Gasteiger partial charge in [-0.1, -0.05) is 19.1 Å². The second-order valence-electron chi connectivity index (χ2n) is 6.47. The lowest BCUT2D eigenvalue weighted by Crippen LogP contribution is -2.41. The number of benzene rings is 1. The summed E-state index contributed by atoms with van der Waals surface area (Å²) in [6.07, 6.45) is 3.55. The van der Waals surface area contributed by atoms with Crippen molar-refractivity contribution < 1.29 is 14.3 Å². The minimum Gasteiger partial charge on any atom is -0.497 e. The van der Waals surface area contributed by atoms with E-state index in [1.54, 1.807) is 7.11 Å². The third-order valence-electron chi connectivity index (χ3n) is 4.64. The van der Waals surface area contributed by atoms with Gasteiger partial charge in [-0.3, -0.25) is 4.79 Å². The van der Waals surface area contributed by atoms with E-state index in [0.29, 0.717) is 13.0 Å². The summed E-state index contributed by atoms with van der Waals surface area (Å²) in [5.41, 5.74) is 6.62. The highest BCUT2D eigenvalue weighted by molar-refractivity contribution is 5.77. The summed E-state index contributed by atoms with van der Waals surface area (Å²) in [5, 5.41) is 0. The maximum Gasteiger partial charge on any atom is 0.223 e. The van der Waals surface area contributed by atoms with Gasteiger partial charge in [0.25, 0.3) is 0 Å². The van der Waals surface area contributed by atoms with Gasteiger partial charge in [0.2, 0.25) is 5.91 Å². The molecule has 1 aliphatic rings. The fourth-order valence-electron chi connectivity index (χ4n) is 3.06. The van der Waals surface area contributed by atoms with Gasteiger partial charge in [-0.05, 0) is 49.4 Å². The molecular weight excluding hydrogens is 304 g/mol. The van der Waals surface area contributed by atoms with Gasteiger partial charge in [0, 0.05) is 26.1 Å². The van der Waals surface area contributed by atoms with E-state index in [9.17, 15) is 4.79 Å². The molecule has 0 aromatic heterocycles. The molecule has 1 unspecified atom stereocenters. The van der Waals surface area contributed by atoms with Crippen LogP contribution < -0.4 is 10.5 Å². The average Bonchev–Trinajstić information content (AvgIpc) is 2.62. The third-order valence-corrected chi connectivity index (χ3v) is 4.64. The topological polar surface area (TPSA) is 64.8 Å². The normalized spacial score (nSPS) is 16.9. The molecule has 0 aliphatic carbocycles. The minimum atomic E-state index is 0.186. The van der Waals surface area contributed by atoms with Crippen molar-refractivity contribution in [3.8, 4) is 5.75 Å². The number of carbonyl (C=O) groups is 1. The number of amides is 1. The highest BCUT2D eigenvalue weighted by atomic mass is 16.5. The van der Waals surface area contributed by atoms with E-state index in [0.717, 1.165) is 50.3 Å². The van der Waals surface area contributed by atoms with Gasteiger partial charge >= 0.3 is 0 Å². The van der Waals surface area contributed by atoms with Crippen LogP contribution in [0.2, 0.25) is 0 Å². The number of nitrogens with two attached hydrogens (primary N) is 1. The van der Waals surface area contributed by atoms with Crippen molar-refractivity contribution in [1.82, 2.24) is 4.90 Å². The number of hydrogen-bond donors (Lipinski definition) is 1. The molecule has 134 valence electrons. The van der Waals surface area contributed by atoms with Crippen LogP contribution in [0, 0.1) is 0 Å². The predicted octanol–water partition coefficient (Wildman–Crippen LogP) is 2.55. The first-order valence-electron chi connectivity index (χ1n) is 8.87. The van der Waals surface area contributed by atoms with Crippen molar-refractivity contribution >= 4 is 5.91 Å². The molecule has 1 saturated heterocycles. The molecule has 2 rings (SSSR count). The summed E-state index contributed by atoms with van der Waals surface area (Å²) in [7, 11) is 1.66. The lowest BCUT2D eigenvalue weighted by molar-refractivity contribution is -0.134. The van der Waals surface area contributed by atoms with Crippen LogP contribution in [0.1, 0.15) is 44.1 Å². The summed E-state index contributed by atoms with van der Waals surface area (Å²) in [5.74, 6) is 1.25. The Morgan fingerprint density at radius 1 is 1.38 bits per heavy atom. The Bertz CT molecular complexity index is 513. The van der Waals surface area contributed by atoms with Crippen LogP contribution in [0.5, 0.6) is 5.75 Å². The number of methoxy groups -OCH3 is 1. The van der Waals surface area contributed by atoms with Gasteiger partial charge in [0.15, 0.2) is 0 Å². The monoisotopic (exact) mass is 334 g/mol. The Labute approximate surface area is 145 Å². The van der Waals surface area contributed by atoms with Crippen LogP contribution >= 0.6 is 0 Å². The largest absolute Gasteiger partial charge is 0.497 e. The second-order valence-corrected chi connectivity index (χ2v) is 6.47. The van der Waals surface area contributed by atoms with E-state index in [-0.39, 0.29) is 17.9 Å². The molecule has 2 N–H and O–H groups in total. The fourth-order valence-corrected chi connectivity index (χ4v) is 3.06. The number of piperidine rings is 1. The third kappa shape index (κ3) is 5.49. The zero-order valence-corrected chi connectivity index (χ0v) is 14.9. The van der Waals surface area contributed by atoms with E-state index in [1.807, 2.05) is 23.1 Å². The summed E-state index contributed by atoms with van der Waals surface area (Å²) < 4.78 is 11.1. The Morgan fingerprint density at radius 3 is 2.79 bits per heavy atom. The van der Waals surface area contributed by atoms with Gasteiger partial charge in [-0.25, -0.2) is 0 Å². The standard InChI is InChI=1S/C19H30N2O3/c1-15(16-5-3-6-18(14-16)23-2)13-19(22)21-10-7-17(8-11-21)24-12-4-9-20/h3,5-6,14-15,17H,4,7-13,20H2,1-2H3. The minimum absolute atomic E-state index is 0.186. The van der Waals surface area contributed by atoms with Gasteiger partial charge in [-0.15, -0.1) is 0 Å². The zero-order valence-electron chi connectivity index (χ0n) is 14.9. The Hall–Kier alpha value is -1.59. The number of hydrogen-bond acceptors (Lipinski definition) is 4. The molecule has 1 fully saturated rings. The van der Waals surface area contributed by atoms with E-state index in [1.165, 1.54) is 0 Å². The van der Waals surface area contributed by atoms with Crippen molar-refractivity contribution in [1.29, 1.82) is 0 Å². The molecule has 1 amide bonds. The highest BCUT2D eigenvalue weighted by Crippen LogP contribution is 2.25. The van der Waals surface area contributed by atoms with E-state index in [4.69, 9.17) is 15.2 Å². The van der Waals surface area contributed by atoms with Gasteiger partial charge in [0.1, 0.15) is 5.75 Å². The molecule has 1 aromatic carbocycles. The summed E-state index contributed by atoms with van der Waals surface area (Å²) >= 11 is 0.